The normalized spacial score (nSPS) is 10.7. The van der Waals surface area contributed by atoms with Crippen LogP contribution in [0.3, 0.4) is 0 Å². The minimum atomic E-state index is -0.553. The molecule has 0 atom stereocenters. The summed E-state index contributed by atoms with van der Waals surface area (Å²) in [5.41, 5.74) is 0.680. The van der Waals surface area contributed by atoms with Crippen molar-refractivity contribution < 1.29 is 14.3 Å². The van der Waals surface area contributed by atoms with Crippen molar-refractivity contribution in [3.63, 3.8) is 0 Å². The second kappa shape index (κ2) is 6.62. The van der Waals surface area contributed by atoms with E-state index in [2.05, 4.69) is 10.3 Å². The smallest absolute Gasteiger partial charge is 0.360 e. The van der Waals surface area contributed by atoms with Gasteiger partial charge in [-0.3, -0.25) is 9.20 Å². The van der Waals surface area contributed by atoms with Crippen LogP contribution >= 0.6 is 11.3 Å². The van der Waals surface area contributed by atoms with Crippen molar-refractivity contribution in [3.05, 3.63) is 52.5 Å². The highest BCUT2D eigenvalue weighted by Gasteiger charge is 2.21. The molecule has 0 radical (unpaired) electrons. The highest BCUT2D eigenvalue weighted by atomic mass is 32.1. The summed E-state index contributed by atoms with van der Waals surface area (Å²) in [4.78, 5) is 29.6. The van der Waals surface area contributed by atoms with E-state index in [0.717, 1.165) is 4.88 Å². The predicted octanol–water partition coefficient (Wildman–Crippen LogP) is 2.75. The first-order valence-corrected chi connectivity index (χ1v) is 8.03. The first kappa shape index (κ1) is 15.2. The Balaban J connectivity index is 1.92. The molecule has 0 unspecified atom stereocenters. The van der Waals surface area contributed by atoms with E-state index in [9.17, 15) is 9.59 Å². The minimum Gasteiger partial charge on any atom is -0.461 e. The highest BCUT2D eigenvalue weighted by molar-refractivity contribution is 7.10. The molecule has 118 valence electrons. The molecule has 0 aliphatic rings. The third-order valence-corrected chi connectivity index (χ3v) is 4.05. The molecule has 23 heavy (non-hydrogen) atoms. The van der Waals surface area contributed by atoms with E-state index in [-0.39, 0.29) is 24.6 Å². The molecule has 3 aromatic heterocycles. The van der Waals surface area contributed by atoms with Gasteiger partial charge in [-0.2, -0.15) is 0 Å². The third-order valence-electron chi connectivity index (χ3n) is 3.17. The van der Waals surface area contributed by atoms with Gasteiger partial charge in [0.1, 0.15) is 5.65 Å². The Morgan fingerprint density at radius 1 is 1.30 bits per heavy atom. The van der Waals surface area contributed by atoms with Crippen LogP contribution in [-0.2, 0) is 16.0 Å². The number of hydrogen-bond donors (Lipinski definition) is 1. The van der Waals surface area contributed by atoms with Crippen LogP contribution in [0.15, 0.2) is 41.9 Å². The van der Waals surface area contributed by atoms with Crippen LogP contribution in [-0.4, -0.2) is 27.9 Å². The molecule has 0 fully saturated rings. The average molecular weight is 329 g/mol. The van der Waals surface area contributed by atoms with Crippen LogP contribution in [0.25, 0.3) is 5.65 Å². The van der Waals surface area contributed by atoms with E-state index in [4.69, 9.17) is 4.74 Å². The van der Waals surface area contributed by atoms with Gasteiger partial charge in [-0.25, -0.2) is 9.78 Å². The van der Waals surface area contributed by atoms with Gasteiger partial charge in [0.25, 0.3) is 0 Å². The van der Waals surface area contributed by atoms with E-state index in [0.29, 0.717) is 11.5 Å². The number of nitrogens with zero attached hydrogens (tertiary/aromatic N) is 2. The molecule has 0 saturated carbocycles. The summed E-state index contributed by atoms with van der Waals surface area (Å²) in [5, 5.41) is 4.70. The SMILES string of the molecule is CCOC(=O)c1nc2ccccn2c1NC(=O)Cc1cccs1. The van der Waals surface area contributed by atoms with E-state index in [1.807, 2.05) is 23.6 Å². The molecule has 1 N–H and O–H groups in total. The molecule has 3 rings (SSSR count). The number of thiophene rings is 1. The lowest BCUT2D eigenvalue weighted by Gasteiger charge is -2.06. The summed E-state index contributed by atoms with van der Waals surface area (Å²) < 4.78 is 6.69. The van der Waals surface area contributed by atoms with Gasteiger partial charge in [-0.1, -0.05) is 12.1 Å². The maximum atomic E-state index is 12.3. The lowest BCUT2D eigenvalue weighted by molar-refractivity contribution is -0.115. The number of pyridine rings is 1. The second-order valence-corrected chi connectivity index (χ2v) is 5.79. The number of fused-ring (bicyclic) bond motifs is 1. The minimum absolute atomic E-state index is 0.109. The number of imidazole rings is 1. The summed E-state index contributed by atoms with van der Waals surface area (Å²) in [7, 11) is 0. The number of carbonyl (C=O) groups excluding carboxylic acids is 2. The van der Waals surface area contributed by atoms with Crippen molar-refractivity contribution in [1.82, 2.24) is 9.38 Å². The third kappa shape index (κ3) is 3.24. The summed E-state index contributed by atoms with van der Waals surface area (Å²) in [6.07, 6.45) is 1.99. The molecule has 0 aromatic carbocycles. The molecule has 0 bridgehead atoms. The van der Waals surface area contributed by atoms with Gasteiger partial charge in [0.05, 0.1) is 13.0 Å². The van der Waals surface area contributed by atoms with Gasteiger partial charge in [0.2, 0.25) is 5.91 Å². The standard InChI is InChI=1S/C16H15N3O3S/c1-2-22-16(21)14-15(19-8-4-3-7-12(19)17-14)18-13(20)10-11-6-5-9-23-11/h3-9H,2,10H2,1H3,(H,18,20). The zero-order chi connectivity index (χ0) is 16.2. The molecule has 0 spiro atoms. The summed E-state index contributed by atoms with van der Waals surface area (Å²) in [6.45, 7) is 1.97. The van der Waals surface area contributed by atoms with Crippen LogP contribution < -0.4 is 5.32 Å². The molecule has 0 saturated heterocycles. The van der Waals surface area contributed by atoms with E-state index in [1.165, 1.54) is 11.3 Å². The number of aromatic nitrogens is 2. The van der Waals surface area contributed by atoms with Crippen molar-refractivity contribution in [2.24, 2.45) is 0 Å². The fraction of sp³-hybridized carbons (Fsp3) is 0.188. The van der Waals surface area contributed by atoms with Gasteiger partial charge in [0, 0.05) is 11.1 Å². The number of amides is 1. The maximum absolute atomic E-state index is 12.3. The maximum Gasteiger partial charge on any atom is 0.360 e. The second-order valence-electron chi connectivity index (χ2n) is 4.76. The molecule has 1 amide bonds. The first-order valence-electron chi connectivity index (χ1n) is 7.15. The largest absolute Gasteiger partial charge is 0.461 e. The Morgan fingerprint density at radius 3 is 2.91 bits per heavy atom. The molecular formula is C16H15N3O3S. The van der Waals surface area contributed by atoms with Crippen LogP contribution in [0.2, 0.25) is 0 Å². The monoisotopic (exact) mass is 329 g/mol. The number of carbonyl (C=O) groups is 2. The van der Waals surface area contributed by atoms with Crippen LogP contribution in [0.1, 0.15) is 22.3 Å². The van der Waals surface area contributed by atoms with Gasteiger partial charge < -0.3 is 10.1 Å². The number of hydrogen-bond acceptors (Lipinski definition) is 5. The molecule has 3 heterocycles. The molecule has 7 heteroatoms. The number of rotatable bonds is 5. The Kier molecular flexibility index (Phi) is 4.38. The number of esters is 1. The molecule has 6 nitrogen and oxygen atoms in total. The highest BCUT2D eigenvalue weighted by Crippen LogP contribution is 2.20. The number of ether oxygens (including phenoxy) is 1. The zero-order valence-corrected chi connectivity index (χ0v) is 13.3. The van der Waals surface area contributed by atoms with Crippen molar-refractivity contribution in [1.29, 1.82) is 0 Å². The predicted molar refractivity (Wildman–Crippen MR) is 87.8 cm³/mol. The topological polar surface area (TPSA) is 72.7 Å². The van der Waals surface area contributed by atoms with Crippen LogP contribution in [0.4, 0.5) is 5.82 Å². The lowest BCUT2D eigenvalue weighted by atomic mass is 10.3. The molecule has 0 aliphatic heterocycles. The quantitative estimate of drug-likeness (QED) is 0.731. The molecule has 0 aliphatic carbocycles. The Hall–Kier alpha value is -2.67. The Labute approximate surface area is 136 Å². The fourth-order valence-electron chi connectivity index (χ4n) is 2.20. The van der Waals surface area contributed by atoms with Crippen molar-refractivity contribution in [2.75, 3.05) is 11.9 Å². The van der Waals surface area contributed by atoms with Gasteiger partial charge in [0.15, 0.2) is 11.5 Å². The zero-order valence-electron chi connectivity index (χ0n) is 12.5. The van der Waals surface area contributed by atoms with Crippen LogP contribution in [0, 0.1) is 0 Å². The fourth-order valence-corrected chi connectivity index (χ4v) is 2.91. The van der Waals surface area contributed by atoms with E-state index in [1.54, 1.807) is 29.7 Å². The van der Waals surface area contributed by atoms with Gasteiger partial charge >= 0.3 is 5.97 Å². The van der Waals surface area contributed by atoms with E-state index >= 15 is 0 Å². The summed E-state index contributed by atoms with van der Waals surface area (Å²) >= 11 is 1.51. The van der Waals surface area contributed by atoms with Crippen molar-refractivity contribution >= 4 is 34.7 Å². The Bertz CT molecular complexity index is 840. The Morgan fingerprint density at radius 2 is 2.17 bits per heavy atom. The molecule has 3 aromatic rings. The first-order chi connectivity index (χ1) is 11.2. The average Bonchev–Trinajstić information content (AvgIpc) is 3.16. The van der Waals surface area contributed by atoms with Crippen molar-refractivity contribution in [3.8, 4) is 0 Å². The van der Waals surface area contributed by atoms with Crippen molar-refractivity contribution in [2.45, 2.75) is 13.3 Å². The van der Waals surface area contributed by atoms with E-state index < -0.39 is 5.97 Å². The summed E-state index contributed by atoms with van der Waals surface area (Å²) in [6, 6.07) is 9.17. The molecular weight excluding hydrogens is 314 g/mol. The van der Waals surface area contributed by atoms with Gasteiger partial charge in [-0.15, -0.1) is 11.3 Å². The number of nitrogens with one attached hydrogen (secondary N) is 1. The van der Waals surface area contributed by atoms with Crippen LogP contribution in [0.5, 0.6) is 0 Å². The summed E-state index contributed by atoms with van der Waals surface area (Å²) in [5.74, 6) is -0.424. The number of anilines is 1. The lowest BCUT2D eigenvalue weighted by Crippen LogP contribution is -2.18. The van der Waals surface area contributed by atoms with Gasteiger partial charge in [-0.05, 0) is 30.5 Å².